The molecular weight excluding hydrogens is 308 g/mol. The van der Waals surface area contributed by atoms with Crippen LogP contribution in [-0.2, 0) is 4.74 Å². The van der Waals surface area contributed by atoms with Gasteiger partial charge in [0.2, 0.25) is 9.90 Å². The molecule has 0 amide bonds. The molecule has 0 spiro atoms. The standard InChI is InChI=1S/C10H5Cl4NO2/c11-7-3-1-6(2-4-7)9(16)17-8(5-15)10(12,13)14/h1-4,8H. The third-order valence-electron chi connectivity index (χ3n) is 1.72. The van der Waals surface area contributed by atoms with Crippen LogP contribution in [0, 0.1) is 11.3 Å². The maximum absolute atomic E-state index is 11.6. The second-order valence-corrected chi connectivity index (χ2v) is 5.77. The van der Waals surface area contributed by atoms with Gasteiger partial charge in [-0.05, 0) is 24.3 Å². The van der Waals surface area contributed by atoms with Gasteiger partial charge in [0, 0.05) is 5.02 Å². The van der Waals surface area contributed by atoms with Crippen molar-refractivity contribution in [3.8, 4) is 6.07 Å². The van der Waals surface area contributed by atoms with Gasteiger partial charge in [0.25, 0.3) is 0 Å². The minimum atomic E-state index is -1.99. The molecule has 1 rings (SSSR count). The van der Waals surface area contributed by atoms with Crippen LogP contribution in [-0.4, -0.2) is 15.9 Å². The van der Waals surface area contributed by atoms with E-state index in [0.717, 1.165) is 0 Å². The van der Waals surface area contributed by atoms with E-state index in [1.165, 1.54) is 24.3 Å². The molecule has 7 heteroatoms. The second-order valence-electron chi connectivity index (χ2n) is 2.96. The van der Waals surface area contributed by atoms with E-state index < -0.39 is 15.9 Å². The number of hydrogen-bond acceptors (Lipinski definition) is 3. The second kappa shape index (κ2) is 5.79. The molecule has 0 aliphatic heterocycles. The van der Waals surface area contributed by atoms with Gasteiger partial charge in [-0.25, -0.2) is 4.79 Å². The Morgan fingerprint density at radius 3 is 2.24 bits per heavy atom. The van der Waals surface area contributed by atoms with E-state index in [4.69, 9.17) is 56.4 Å². The Morgan fingerprint density at radius 1 is 1.29 bits per heavy atom. The van der Waals surface area contributed by atoms with Crippen molar-refractivity contribution in [3.05, 3.63) is 34.9 Å². The summed E-state index contributed by atoms with van der Waals surface area (Å²) < 4.78 is 2.76. The highest BCUT2D eigenvalue weighted by atomic mass is 35.6. The smallest absolute Gasteiger partial charge is 0.339 e. The average molecular weight is 313 g/mol. The number of carbonyl (C=O) groups excluding carboxylic acids is 1. The first-order valence-corrected chi connectivity index (χ1v) is 5.78. The van der Waals surface area contributed by atoms with E-state index in [2.05, 4.69) is 0 Å². The predicted octanol–water partition coefficient (Wildman–Crippen LogP) is 3.76. The number of carbonyl (C=O) groups is 1. The number of alkyl halides is 3. The minimum absolute atomic E-state index is 0.212. The zero-order chi connectivity index (χ0) is 13.1. The normalized spacial score (nSPS) is 12.6. The molecular formula is C10H5Cl4NO2. The molecule has 1 aromatic carbocycles. The fraction of sp³-hybridized carbons (Fsp3) is 0.200. The summed E-state index contributed by atoms with van der Waals surface area (Å²) in [5.41, 5.74) is 0.212. The molecule has 0 aromatic heterocycles. The molecule has 0 saturated carbocycles. The number of rotatable bonds is 2. The molecule has 0 radical (unpaired) electrons. The first kappa shape index (κ1) is 14.4. The number of nitrogens with zero attached hydrogens (tertiary/aromatic N) is 1. The summed E-state index contributed by atoms with van der Waals surface area (Å²) in [6.07, 6.45) is -1.48. The maximum atomic E-state index is 11.6. The van der Waals surface area contributed by atoms with Crippen molar-refractivity contribution in [3.63, 3.8) is 0 Å². The molecule has 0 aliphatic carbocycles. The number of benzene rings is 1. The molecule has 0 N–H and O–H groups in total. The van der Waals surface area contributed by atoms with Gasteiger partial charge in [0.1, 0.15) is 6.07 Å². The summed E-state index contributed by atoms with van der Waals surface area (Å²) in [5, 5.41) is 9.17. The van der Waals surface area contributed by atoms with Gasteiger partial charge in [0.05, 0.1) is 5.56 Å². The Hall–Kier alpha value is -0.660. The van der Waals surface area contributed by atoms with Crippen molar-refractivity contribution >= 4 is 52.4 Å². The monoisotopic (exact) mass is 311 g/mol. The van der Waals surface area contributed by atoms with Crippen LogP contribution < -0.4 is 0 Å². The van der Waals surface area contributed by atoms with Gasteiger partial charge in [-0.3, -0.25) is 0 Å². The summed E-state index contributed by atoms with van der Waals surface area (Å²) in [6.45, 7) is 0. The molecule has 90 valence electrons. The molecule has 1 aromatic rings. The van der Waals surface area contributed by atoms with Crippen LogP contribution in [0.2, 0.25) is 5.02 Å². The zero-order valence-corrected chi connectivity index (χ0v) is 11.2. The Kier molecular flexibility index (Phi) is 4.91. The molecule has 1 unspecified atom stereocenters. The lowest BCUT2D eigenvalue weighted by Crippen LogP contribution is -2.29. The Balaban J connectivity index is 2.79. The van der Waals surface area contributed by atoms with Crippen LogP contribution in [0.5, 0.6) is 0 Å². The number of nitriles is 1. The van der Waals surface area contributed by atoms with E-state index in [-0.39, 0.29) is 5.56 Å². The van der Waals surface area contributed by atoms with Crippen LogP contribution in [0.25, 0.3) is 0 Å². The molecule has 3 nitrogen and oxygen atoms in total. The summed E-state index contributed by atoms with van der Waals surface area (Å²) >= 11 is 22.1. The molecule has 1 atom stereocenters. The van der Waals surface area contributed by atoms with Crippen LogP contribution in [0.3, 0.4) is 0 Å². The molecule has 0 heterocycles. The third-order valence-corrected chi connectivity index (χ3v) is 2.57. The predicted molar refractivity (Wildman–Crippen MR) is 66.6 cm³/mol. The van der Waals surface area contributed by atoms with E-state index in [0.29, 0.717) is 5.02 Å². The van der Waals surface area contributed by atoms with E-state index >= 15 is 0 Å². The summed E-state index contributed by atoms with van der Waals surface area (Å²) in [5.74, 6) is -0.764. The van der Waals surface area contributed by atoms with Crippen molar-refractivity contribution in [2.75, 3.05) is 0 Å². The maximum Gasteiger partial charge on any atom is 0.339 e. The van der Waals surface area contributed by atoms with Gasteiger partial charge >= 0.3 is 5.97 Å². The molecule has 17 heavy (non-hydrogen) atoms. The van der Waals surface area contributed by atoms with Crippen molar-refractivity contribution < 1.29 is 9.53 Å². The topological polar surface area (TPSA) is 50.1 Å². The van der Waals surface area contributed by atoms with E-state index in [9.17, 15) is 4.79 Å². The van der Waals surface area contributed by atoms with Crippen LogP contribution >= 0.6 is 46.4 Å². The van der Waals surface area contributed by atoms with Crippen LogP contribution in [0.4, 0.5) is 0 Å². The van der Waals surface area contributed by atoms with Crippen molar-refractivity contribution in [1.82, 2.24) is 0 Å². The highest BCUT2D eigenvalue weighted by molar-refractivity contribution is 6.68. The molecule has 0 saturated heterocycles. The lowest BCUT2D eigenvalue weighted by Gasteiger charge is -2.17. The number of esters is 1. The molecule has 0 bridgehead atoms. The first-order valence-electron chi connectivity index (χ1n) is 4.27. The van der Waals surface area contributed by atoms with E-state index in [1.807, 2.05) is 0 Å². The van der Waals surface area contributed by atoms with Crippen LogP contribution in [0.1, 0.15) is 10.4 Å². The minimum Gasteiger partial charge on any atom is -0.439 e. The van der Waals surface area contributed by atoms with Crippen molar-refractivity contribution in [1.29, 1.82) is 5.26 Å². The average Bonchev–Trinajstić information content (AvgIpc) is 2.24. The fourth-order valence-corrected chi connectivity index (χ4v) is 1.33. The van der Waals surface area contributed by atoms with E-state index in [1.54, 1.807) is 6.07 Å². The Morgan fingerprint density at radius 2 is 1.82 bits per heavy atom. The van der Waals surface area contributed by atoms with Crippen LogP contribution in [0.15, 0.2) is 24.3 Å². The number of hydrogen-bond donors (Lipinski definition) is 0. The highest BCUT2D eigenvalue weighted by Gasteiger charge is 2.36. The summed E-state index contributed by atoms with van der Waals surface area (Å²) in [6, 6.07) is 7.49. The first-order chi connectivity index (χ1) is 7.84. The van der Waals surface area contributed by atoms with Crippen molar-refractivity contribution in [2.45, 2.75) is 9.90 Å². The lowest BCUT2D eigenvalue weighted by atomic mass is 10.2. The largest absolute Gasteiger partial charge is 0.439 e. The Bertz CT molecular complexity index is 447. The number of ether oxygens (including phenoxy) is 1. The van der Waals surface area contributed by atoms with Crippen molar-refractivity contribution in [2.24, 2.45) is 0 Å². The summed E-state index contributed by atoms with van der Waals surface area (Å²) in [7, 11) is 0. The summed E-state index contributed by atoms with van der Waals surface area (Å²) in [4.78, 5) is 11.6. The van der Waals surface area contributed by atoms with Gasteiger partial charge in [0.15, 0.2) is 0 Å². The van der Waals surface area contributed by atoms with Gasteiger partial charge in [-0.1, -0.05) is 46.4 Å². The lowest BCUT2D eigenvalue weighted by molar-refractivity contribution is 0.0412. The Labute approximate surface area is 118 Å². The molecule has 0 aliphatic rings. The third kappa shape index (κ3) is 4.25. The molecule has 0 fully saturated rings. The van der Waals surface area contributed by atoms with Gasteiger partial charge in [-0.2, -0.15) is 5.26 Å². The van der Waals surface area contributed by atoms with Gasteiger partial charge in [-0.15, -0.1) is 0 Å². The van der Waals surface area contributed by atoms with Gasteiger partial charge < -0.3 is 4.74 Å². The number of halogens is 4. The zero-order valence-electron chi connectivity index (χ0n) is 8.16. The quantitative estimate of drug-likeness (QED) is 0.617. The SMILES string of the molecule is N#CC(OC(=O)c1ccc(Cl)cc1)C(Cl)(Cl)Cl. The highest BCUT2D eigenvalue weighted by Crippen LogP contribution is 2.32. The fourth-order valence-electron chi connectivity index (χ4n) is 0.927.